The predicted molar refractivity (Wildman–Crippen MR) is 77.8 cm³/mol. The van der Waals surface area contributed by atoms with Gasteiger partial charge in [0.1, 0.15) is 12.4 Å². The summed E-state index contributed by atoms with van der Waals surface area (Å²) in [6, 6.07) is 7.50. The van der Waals surface area contributed by atoms with Crippen LogP contribution in [-0.2, 0) is 6.54 Å². The molecule has 1 unspecified atom stereocenters. The Balaban J connectivity index is 1.51. The standard InChI is InChI=1S/C16H22F2N2O/c17-15(18)10-21-14-3-1-13(2-4-14)9-20-8-6-16(12-20)5-7-19-11-16/h1-4,15,19H,5-12H2. The van der Waals surface area contributed by atoms with E-state index in [1.165, 1.54) is 18.4 Å². The quantitative estimate of drug-likeness (QED) is 0.903. The molecule has 2 heterocycles. The van der Waals surface area contributed by atoms with Crippen LogP contribution in [-0.4, -0.2) is 44.1 Å². The van der Waals surface area contributed by atoms with Crippen molar-refractivity contribution < 1.29 is 13.5 Å². The van der Waals surface area contributed by atoms with E-state index in [-0.39, 0.29) is 0 Å². The first-order chi connectivity index (χ1) is 10.2. The molecule has 1 N–H and O–H groups in total. The van der Waals surface area contributed by atoms with Crippen LogP contribution in [0.15, 0.2) is 24.3 Å². The van der Waals surface area contributed by atoms with Crippen molar-refractivity contribution in [3.05, 3.63) is 29.8 Å². The number of rotatable bonds is 5. The zero-order chi connectivity index (χ0) is 14.7. The molecule has 21 heavy (non-hydrogen) atoms. The minimum absolute atomic E-state index is 0.486. The predicted octanol–water partition coefficient (Wildman–Crippen LogP) is 2.52. The van der Waals surface area contributed by atoms with Crippen molar-refractivity contribution in [2.75, 3.05) is 32.8 Å². The van der Waals surface area contributed by atoms with Crippen molar-refractivity contribution in [2.45, 2.75) is 25.8 Å². The van der Waals surface area contributed by atoms with Crippen molar-refractivity contribution >= 4 is 0 Å². The van der Waals surface area contributed by atoms with Gasteiger partial charge in [0.05, 0.1) is 0 Å². The molecular weight excluding hydrogens is 274 g/mol. The van der Waals surface area contributed by atoms with E-state index in [1.54, 1.807) is 12.1 Å². The maximum atomic E-state index is 12.1. The first kappa shape index (κ1) is 14.7. The van der Waals surface area contributed by atoms with Gasteiger partial charge in [-0.15, -0.1) is 0 Å². The summed E-state index contributed by atoms with van der Waals surface area (Å²) < 4.78 is 29.2. The Bertz CT molecular complexity index is 458. The fraction of sp³-hybridized carbons (Fsp3) is 0.625. The van der Waals surface area contributed by atoms with Gasteiger partial charge in [0, 0.05) is 19.6 Å². The van der Waals surface area contributed by atoms with Gasteiger partial charge < -0.3 is 10.1 Å². The van der Waals surface area contributed by atoms with Crippen LogP contribution >= 0.6 is 0 Å². The lowest BCUT2D eigenvalue weighted by Gasteiger charge is -2.22. The molecule has 3 rings (SSSR count). The van der Waals surface area contributed by atoms with Gasteiger partial charge in [0.25, 0.3) is 6.43 Å². The number of nitrogens with one attached hydrogen (secondary N) is 1. The third-order valence-electron chi connectivity index (χ3n) is 4.56. The molecular formula is C16H22F2N2O. The topological polar surface area (TPSA) is 24.5 Å². The highest BCUT2D eigenvalue weighted by Crippen LogP contribution is 2.36. The van der Waals surface area contributed by atoms with Gasteiger partial charge in [-0.1, -0.05) is 12.1 Å². The second-order valence-electron chi connectivity index (χ2n) is 6.23. The van der Waals surface area contributed by atoms with Crippen molar-refractivity contribution in [3.63, 3.8) is 0 Å². The Hall–Kier alpha value is -1.20. The molecule has 1 atom stereocenters. The van der Waals surface area contributed by atoms with E-state index >= 15 is 0 Å². The summed E-state index contributed by atoms with van der Waals surface area (Å²) in [7, 11) is 0. The van der Waals surface area contributed by atoms with E-state index in [1.807, 2.05) is 12.1 Å². The van der Waals surface area contributed by atoms with Gasteiger partial charge in [-0.3, -0.25) is 4.90 Å². The van der Waals surface area contributed by atoms with E-state index in [0.29, 0.717) is 11.2 Å². The second-order valence-corrected chi connectivity index (χ2v) is 6.23. The number of ether oxygens (including phenoxy) is 1. The van der Waals surface area contributed by atoms with Gasteiger partial charge in [-0.2, -0.15) is 0 Å². The lowest BCUT2D eigenvalue weighted by Crippen LogP contribution is -2.28. The van der Waals surface area contributed by atoms with Gasteiger partial charge in [-0.25, -0.2) is 8.78 Å². The van der Waals surface area contributed by atoms with Crippen LogP contribution in [0.5, 0.6) is 5.75 Å². The molecule has 2 aliphatic heterocycles. The minimum Gasteiger partial charge on any atom is -0.488 e. The molecule has 0 saturated carbocycles. The van der Waals surface area contributed by atoms with Crippen LogP contribution in [0.1, 0.15) is 18.4 Å². The lowest BCUT2D eigenvalue weighted by molar-refractivity contribution is 0.0819. The smallest absolute Gasteiger partial charge is 0.272 e. The largest absolute Gasteiger partial charge is 0.488 e. The lowest BCUT2D eigenvalue weighted by atomic mass is 9.86. The van der Waals surface area contributed by atoms with Crippen LogP contribution < -0.4 is 10.1 Å². The Morgan fingerprint density at radius 1 is 1.24 bits per heavy atom. The third kappa shape index (κ3) is 3.71. The van der Waals surface area contributed by atoms with E-state index in [2.05, 4.69) is 10.2 Å². The molecule has 1 spiro atoms. The molecule has 0 radical (unpaired) electrons. The first-order valence-electron chi connectivity index (χ1n) is 7.58. The highest BCUT2D eigenvalue weighted by molar-refractivity contribution is 5.27. The monoisotopic (exact) mass is 296 g/mol. The fourth-order valence-electron chi connectivity index (χ4n) is 3.42. The van der Waals surface area contributed by atoms with Crippen LogP contribution in [0, 0.1) is 5.41 Å². The van der Waals surface area contributed by atoms with Crippen molar-refractivity contribution in [1.82, 2.24) is 10.2 Å². The maximum absolute atomic E-state index is 12.1. The van der Waals surface area contributed by atoms with E-state index in [0.717, 1.165) is 32.7 Å². The Morgan fingerprint density at radius 2 is 2.05 bits per heavy atom. The molecule has 1 aromatic rings. The highest BCUT2D eigenvalue weighted by atomic mass is 19.3. The summed E-state index contributed by atoms with van der Waals surface area (Å²) >= 11 is 0. The number of alkyl halides is 2. The van der Waals surface area contributed by atoms with Gasteiger partial charge in [-0.05, 0) is 49.0 Å². The molecule has 5 heteroatoms. The van der Waals surface area contributed by atoms with E-state index in [9.17, 15) is 8.78 Å². The summed E-state index contributed by atoms with van der Waals surface area (Å²) in [5, 5.41) is 3.47. The average Bonchev–Trinajstić information content (AvgIpc) is 3.09. The van der Waals surface area contributed by atoms with Crippen molar-refractivity contribution in [3.8, 4) is 5.75 Å². The molecule has 0 bridgehead atoms. The molecule has 2 saturated heterocycles. The molecule has 0 aromatic heterocycles. The molecule has 1 aromatic carbocycles. The third-order valence-corrected chi connectivity index (χ3v) is 4.56. The van der Waals surface area contributed by atoms with Crippen LogP contribution in [0.25, 0.3) is 0 Å². The zero-order valence-electron chi connectivity index (χ0n) is 12.2. The fourth-order valence-corrected chi connectivity index (χ4v) is 3.42. The molecule has 2 fully saturated rings. The molecule has 0 amide bonds. The Kier molecular flexibility index (Phi) is 4.40. The molecule has 3 nitrogen and oxygen atoms in total. The Morgan fingerprint density at radius 3 is 2.71 bits per heavy atom. The molecule has 2 aliphatic rings. The number of hydrogen-bond acceptors (Lipinski definition) is 3. The summed E-state index contributed by atoms with van der Waals surface area (Å²) in [5.41, 5.74) is 1.70. The van der Waals surface area contributed by atoms with Crippen LogP contribution in [0.4, 0.5) is 8.78 Å². The average molecular weight is 296 g/mol. The van der Waals surface area contributed by atoms with Crippen LogP contribution in [0.3, 0.4) is 0 Å². The summed E-state index contributed by atoms with van der Waals surface area (Å²) in [6.07, 6.45) is 0.130. The minimum atomic E-state index is -2.43. The molecule has 116 valence electrons. The van der Waals surface area contributed by atoms with E-state index < -0.39 is 13.0 Å². The first-order valence-corrected chi connectivity index (χ1v) is 7.58. The number of benzene rings is 1. The normalized spacial score (nSPS) is 26.0. The maximum Gasteiger partial charge on any atom is 0.272 e. The number of nitrogens with zero attached hydrogens (tertiary/aromatic N) is 1. The Labute approximate surface area is 124 Å². The zero-order valence-corrected chi connectivity index (χ0v) is 12.2. The summed E-state index contributed by atoms with van der Waals surface area (Å²) in [5.74, 6) is 0.511. The van der Waals surface area contributed by atoms with Gasteiger partial charge >= 0.3 is 0 Å². The molecule has 0 aliphatic carbocycles. The number of likely N-dealkylation sites (tertiary alicyclic amines) is 1. The number of hydrogen-bond donors (Lipinski definition) is 1. The van der Waals surface area contributed by atoms with Gasteiger partial charge in [0.2, 0.25) is 0 Å². The summed E-state index contributed by atoms with van der Waals surface area (Å²) in [6.45, 7) is 4.97. The highest BCUT2D eigenvalue weighted by Gasteiger charge is 2.39. The van der Waals surface area contributed by atoms with E-state index in [4.69, 9.17) is 4.74 Å². The van der Waals surface area contributed by atoms with Gasteiger partial charge in [0.15, 0.2) is 0 Å². The second kappa shape index (κ2) is 6.28. The summed E-state index contributed by atoms with van der Waals surface area (Å²) in [4.78, 5) is 2.49. The van der Waals surface area contributed by atoms with Crippen molar-refractivity contribution in [2.24, 2.45) is 5.41 Å². The number of halogens is 2. The van der Waals surface area contributed by atoms with Crippen molar-refractivity contribution in [1.29, 1.82) is 0 Å². The van der Waals surface area contributed by atoms with Crippen LogP contribution in [0.2, 0.25) is 0 Å². The SMILES string of the molecule is FC(F)COc1ccc(CN2CCC3(CCNC3)C2)cc1.